The number of aliphatic hydroxyl groups excluding tert-OH is 3. The number of carbonyl (C=O) groups excluding carboxylic acids is 2. The first-order valence-corrected chi connectivity index (χ1v) is 17.2. The molecule has 0 aromatic rings. The van der Waals surface area contributed by atoms with Gasteiger partial charge in [-0.25, -0.2) is 0 Å². The molecule has 4 rings (SSSR count). The van der Waals surface area contributed by atoms with E-state index in [0.29, 0.717) is 16.7 Å². The lowest BCUT2D eigenvalue weighted by Crippen LogP contribution is -2.57. The molecule has 9 atom stereocenters. The third-order valence-electron chi connectivity index (χ3n) is 13.0. The molecule has 4 saturated carbocycles. The van der Waals surface area contributed by atoms with Gasteiger partial charge in [0.15, 0.2) is 0 Å². The topological polar surface area (TPSA) is 116 Å². The first-order chi connectivity index (χ1) is 19.9. The molecule has 4 aliphatic carbocycles. The molecule has 0 aliphatic heterocycles. The maximum atomic E-state index is 12.7. The number of nitrogens with one attached hydrogen (secondary N) is 1. The molecule has 0 saturated heterocycles. The molecule has 242 valence electrons. The van der Waals surface area contributed by atoms with Crippen LogP contribution in [0, 0.1) is 52.3 Å². The number of carbonyl (C=O) groups is 2. The summed E-state index contributed by atoms with van der Waals surface area (Å²) in [6.07, 6.45) is 15.0. The summed E-state index contributed by atoms with van der Waals surface area (Å²) in [5.41, 5.74) is -0.641. The van der Waals surface area contributed by atoms with Gasteiger partial charge >= 0.3 is 5.97 Å². The molecule has 1 amide bonds. The number of aliphatic hydroxyl groups is 3. The van der Waals surface area contributed by atoms with Crippen molar-refractivity contribution in [1.29, 1.82) is 0 Å². The van der Waals surface area contributed by atoms with Crippen molar-refractivity contribution in [2.24, 2.45) is 52.3 Å². The Morgan fingerprint density at radius 3 is 2.19 bits per heavy atom. The average molecular weight is 592 g/mol. The van der Waals surface area contributed by atoms with E-state index in [4.69, 9.17) is 4.74 Å². The van der Waals surface area contributed by atoms with Crippen molar-refractivity contribution in [3.05, 3.63) is 0 Å². The second-order valence-corrected chi connectivity index (χ2v) is 15.9. The average Bonchev–Trinajstić information content (AvgIpc) is 3.32. The standard InChI is InChI=1S/C35H61NO6/c1-23(2)7-6-8-24(3)28-11-12-29-27-10-9-25-19-26(15-17-33(25,4)30(27)16-18-34(28,29)5)42-32(41)14-13-31(40)36-35(20-37,21-38)22-39/h23-30,37-39H,6-22H2,1-5H3,(H,36,40). The number of hydrogen-bond donors (Lipinski definition) is 4. The fraction of sp³-hybridized carbons (Fsp3) is 0.943. The van der Waals surface area contributed by atoms with Gasteiger partial charge in [-0.05, 0) is 110 Å². The van der Waals surface area contributed by atoms with Crippen molar-refractivity contribution in [2.75, 3.05) is 19.8 Å². The number of hydrogen-bond acceptors (Lipinski definition) is 6. The van der Waals surface area contributed by atoms with E-state index in [1.807, 2.05) is 0 Å². The molecule has 0 radical (unpaired) electrons. The van der Waals surface area contributed by atoms with Crippen LogP contribution in [0.2, 0.25) is 0 Å². The summed E-state index contributed by atoms with van der Waals surface area (Å²) < 4.78 is 5.89. The number of esters is 1. The van der Waals surface area contributed by atoms with Crippen LogP contribution >= 0.6 is 0 Å². The van der Waals surface area contributed by atoms with Crippen molar-refractivity contribution in [3.8, 4) is 0 Å². The molecular formula is C35H61NO6. The van der Waals surface area contributed by atoms with E-state index in [-0.39, 0.29) is 24.9 Å². The summed E-state index contributed by atoms with van der Waals surface area (Å²) in [5.74, 6) is 4.74. The lowest BCUT2D eigenvalue weighted by Gasteiger charge is -2.61. The summed E-state index contributed by atoms with van der Waals surface area (Å²) in [6, 6.07) is 0. The summed E-state index contributed by atoms with van der Waals surface area (Å²) in [5, 5.41) is 30.7. The van der Waals surface area contributed by atoms with Crippen molar-refractivity contribution >= 4 is 11.9 Å². The van der Waals surface area contributed by atoms with E-state index >= 15 is 0 Å². The van der Waals surface area contributed by atoms with Gasteiger partial charge in [-0.3, -0.25) is 9.59 Å². The van der Waals surface area contributed by atoms with Crippen LogP contribution in [-0.2, 0) is 14.3 Å². The minimum Gasteiger partial charge on any atom is -0.462 e. The molecule has 0 aromatic heterocycles. The predicted octanol–water partition coefficient (Wildman–Crippen LogP) is 5.63. The molecule has 7 nitrogen and oxygen atoms in total. The zero-order valence-electron chi connectivity index (χ0n) is 27.2. The van der Waals surface area contributed by atoms with Crippen LogP contribution in [-0.4, -0.2) is 58.7 Å². The Hall–Kier alpha value is -1.18. The summed E-state index contributed by atoms with van der Waals surface area (Å²) in [7, 11) is 0. The van der Waals surface area contributed by atoms with E-state index in [2.05, 4.69) is 39.9 Å². The second kappa shape index (κ2) is 13.9. The molecule has 0 spiro atoms. The second-order valence-electron chi connectivity index (χ2n) is 15.9. The van der Waals surface area contributed by atoms with Crippen LogP contribution in [0.5, 0.6) is 0 Å². The third kappa shape index (κ3) is 6.88. The maximum Gasteiger partial charge on any atom is 0.306 e. The Kier molecular flexibility index (Phi) is 11.1. The van der Waals surface area contributed by atoms with E-state index in [1.54, 1.807) is 0 Å². The van der Waals surface area contributed by atoms with Crippen LogP contribution in [0.4, 0.5) is 0 Å². The SMILES string of the molecule is CC(C)CCCC(C)C1CCC2C3CCC4CC(OC(=O)CCC(=O)NC(CO)(CO)CO)CCC4(C)C3CCC12C. The van der Waals surface area contributed by atoms with Crippen molar-refractivity contribution in [3.63, 3.8) is 0 Å². The Labute approximate surface area is 254 Å². The number of ether oxygens (including phenoxy) is 1. The van der Waals surface area contributed by atoms with Gasteiger partial charge in [0.2, 0.25) is 5.91 Å². The first kappa shape index (κ1) is 33.7. The molecule has 42 heavy (non-hydrogen) atoms. The molecule has 4 fully saturated rings. The zero-order valence-corrected chi connectivity index (χ0v) is 27.2. The van der Waals surface area contributed by atoms with Gasteiger partial charge in [0.1, 0.15) is 11.6 Å². The van der Waals surface area contributed by atoms with Gasteiger partial charge in [-0.2, -0.15) is 0 Å². The molecular weight excluding hydrogens is 530 g/mol. The van der Waals surface area contributed by atoms with Crippen LogP contribution in [0.3, 0.4) is 0 Å². The lowest BCUT2D eigenvalue weighted by atomic mass is 9.44. The molecule has 7 heteroatoms. The number of fused-ring (bicyclic) bond motifs is 5. The highest BCUT2D eigenvalue weighted by Gasteiger charge is 2.60. The van der Waals surface area contributed by atoms with E-state index in [1.165, 1.54) is 57.8 Å². The molecule has 4 N–H and O–H groups in total. The fourth-order valence-corrected chi connectivity index (χ4v) is 10.4. The van der Waals surface area contributed by atoms with Gasteiger partial charge in [0, 0.05) is 6.42 Å². The summed E-state index contributed by atoms with van der Waals surface area (Å²) >= 11 is 0. The molecule has 0 bridgehead atoms. The highest BCUT2D eigenvalue weighted by molar-refractivity contribution is 5.81. The van der Waals surface area contributed by atoms with Crippen LogP contribution in [0.15, 0.2) is 0 Å². The Morgan fingerprint density at radius 2 is 1.52 bits per heavy atom. The summed E-state index contributed by atoms with van der Waals surface area (Å²) in [6.45, 7) is 10.7. The first-order valence-electron chi connectivity index (χ1n) is 17.2. The van der Waals surface area contributed by atoms with Crippen molar-refractivity contribution in [1.82, 2.24) is 5.32 Å². The fourth-order valence-electron chi connectivity index (χ4n) is 10.4. The van der Waals surface area contributed by atoms with Gasteiger partial charge in [0.25, 0.3) is 0 Å². The van der Waals surface area contributed by atoms with Crippen molar-refractivity contribution in [2.45, 2.75) is 136 Å². The third-order valence-corrected chi connectivity index (χ3v) is 13.0. The molecule has 4 aliphatic rings. The highest BCUT2D eigenvalue weighted by Crippen LogP contribution is 2.68. The molecule has 9 unspecified atom stereocenters. The minimum absolute atomic E-state index is 0.0509. The summed E-state index contributed by atoms with van der Waals surface area (Å²) in [4.78, 5) is 24.9. The van der Waals surface area contributed by atoms with E-state index < -0.39 is 31.3 Å². The highest BCUT2D eigenvalue weighted by atomic mass is 16.5. The number of amides is 1. The Morgan fingerprint density at radius 1 is 0.857 bits per heavy atom. The monoisotopic (exact) mass is 591 g/mol. The van der Waals surface area contributed by atoms with Gasteiger partial charge in [-0.1, -0.05) is 53.9 Å². The van der Waals surface area contributed by atoms with Crippen LogP contribution in [0.1, 0.15) is 125 Å². The van der Waals surface area contributed by atoms with E-state index in [0.717, 1.165) is 54.8 Å². The quantitative estimate of drug-likeness (QED) is 0.206. The molecule has 0 heterocycles. The number of rotatable bonds is 13. The molecule has 0 aromatic carbocycles. The van der Waals surface area contributed by atoms with Gasteiger partial charge < -0.3 is 25.4 Å². The largest absolute Gasteiger partial charge is 0.462 e. The maximum absolute atomic E-state index is 12.7. The van der Waals surface area contributed by atoms with Crippen LogP contribution < -0.4 is 5.32 Å². The minimum atomic E-state index is -1.48. The van der Waals surface area contributed by atoms with Gasteiger partial charge in [-0.15, -0.1) is 0 Å². The zero-order chi connectivity index (χ0) is 30.7. The Bertz CT molecular complexity index is 911. The van der Waals surface area contributed by atoms with E-state index in [9.17, 15) is 24.9 Å². The normalized spacial score (nSPS) is 37.0. The predicted molar refractivity (Wildman–Crippen MR) is 164 cm³/mol. The van der Waals surface area contributed by atoms with Crippen molar-refractivity contribution < 1.29 is 29.6 Å². The lowest BCUT2D eigenvalue weighted by molar-refractivity contribution is -0.163. The smallest absolute Gasteiger partial charge is 0.306 e. The Balaban J connectivity index is 1.29. The van der Waals surface area contributed by atoms with Gasteiger partial charge in [0.05, 0.1) is 26.2 Å². The van der Waals surface area contributed by atoms with Crippen LogP contribution in [0.25, 0.3) is 0 Å².